The fourth-order valence-corrected chi connectivity index (χ4v) is 3.41. The lowest BCUT2D eigenvalue weighted by molar-refractivity contribution is -0.141. The second-order valence-electron chi connectivity index (χ2n) is 6.03. The summed E-state index contributed by atoms with van der Waals surface area (Å²) in [5.74, 6) is -1.03. The Morgan fingerprint density at radius 2 is 1.74 bits per heavy atom. The van der Waals surface area contributed by atoms with E-state index in [0.29, 0.717) is 12.8 Å². The van der Waals surface area contributed by atoms with Crippen LogP contribution in [0, 0.1) is 5.92 Å². The topological polar surface area (TPSA) is 69.6 Å². The molecule has 0 aromatic rings. The van der Waals surface area contributed by atoms with Crippen molar-refractivity contribution in [3.63, 3.8) is 0 Å². The molecule has 5 heteroatoms. The van der Waals surface area contributed by atoms with Crippen LogP contribution in [-0.2, 0) is 4.79 Å². The van der Waals surface area contributed by atoms with Gasteiger partial charge in [-0.15, -0.1) is 0 Å². The molecule has 2 N–H and O–H groups in total. The predicted octanol–water partition coefficient (Wildman–Crippen LogP) is 2.21. The summed E-state index contributed by atoms with van der Waals surface area (Å²) in [6.45, 7) is 4.17. The maximum Gasteiger partial charge on any atom is 0.318 e. The van der Waals surface area contributed by atoms with Crippen molar-refractivity contribution in [3.8, 4) is 0 Å². The first-order valence-electron chi connectivity index (χ1n) is 7.30. The van der Waals surface area contributed by atoms with E-state index in [4.69, 9.17) is 5.11 Å². The van der Waals surface area contributed by atoms with Crippen molar-refractivity contribution in [2.45, 2.75) is 70.5 Å². The maximum absolute atomic E-state index is 12.3. The highest BCUT2D eigenvalue weighted by molar-refractivity contribution is 5.76. The van der Waals surface area contributed by atoms with Gasteiger partial charge in [-0.1, -0.05) is 0 Å². The zero-order chi connectivity index (χ0) is 14.0. The average molecular weight is 268 g/mol. The molecule has 1 aliphatic heterocycles. The number of rotatable bonds is 2. The Hall–Kier alpha value is -1.26. The lowest BCUT2D eigenvalue weighted by atomic mass is 9.98. The first kappa shape index (κ1) is 14.2. The molecule has 2 rings (SSSR count). The number of carboxylic acid groups (broad SMARTS) is 1. The van der Waals surface area contributed by atoms with Crippen molar-refractivity contribution in [1.29, 1.82) is 0 Å². The Kier molecular flexibility index (Phi) is 4.32. The van der Waals surface area contributed by atoms with Gasteiger partial charge < -0.3 is 15.3 Å². The summed E-state index contributed by atoms with van der Waals surface area (Å²) in [6, 6.07) is 0.562. The molecule has 5 nitrogen and oxygen atoms in total. The van der Waals surface area contributed by atoms with Crippen LogP contribution in [0.4, 0.5) is 4.79 Å². The second kappa shape index (κ2) is 5.80. The van der Waals surface area contributed by atoms with Crippen LogP contribution in [0.25, 0.3) is 0 Å². The van der Waals surface area contributed by atoms with Gasteiger partial charge in [0.05, 0.1) is 5.92 Å². The van der Waals surface area contributed by atoms with Gasteiger partial charge in [0, 0.05) is 18.1 Å². The molecule has 2 fully saturated rings. The molecule has 2 aliphatic rings. The third-order valence-corrected chi connectivity index (χ3v) is 4.54. The van der Waals surface area contributed by atoms with Gasteiger partial charge in [0.25, 0.3) is 0 Å². The molecular formula is C14H24N2O3. The number of amides is 2. The molecule has 0 spiro atoms. The number of hydrogen-bond acceptors (Lipinski definition) is 2. The Bertz CT molecular complexity index is 349. The van der Waals surface area contributed by atoms with Crippen molar-refractivity contribution in [1.82, 2.24) is 10.2 Å². The van der Waals surface area contributed by atoms with Crippen LogP contribution in [0.3, 0.4) is 0 Å². The first-order chi connectivity index (χ1) is 8.99. The van der Waals surface area contributed by atoms with E-state index in [1.807, 2.05) is 4.90 Å². The van der Waals surface area contributed by atoms with Gasteiger partial charge >= 0.3 is 12.0 Å². The van der Waals surface area contributed by atoms with Crippen LogP contribution in [-0.4, -0.2) is 40.1 Å². The third-order valence-electron chi connectivity index (χ3n) is 4.54. The standard InChI is InChI=1S/C14H24N2O3/c1-9-4-3-5-10(2)16(9)14(19)15-12-7-6-11(8-12)13(17)18/h9-12H,3-8H2,1-2H3,(H,15,19)(H,17,18)/t9-,10+,11-,12+/m1/s1. The molecule has 0 aromatic heterocycles. The fraction of sp³-hybridized carbons (Fsp3) is 0.857. The highest BCUT2D eigenvalue weighted by atomic mass is 16.4. The Morgan fingerprint density at radius 3 is 2.26 bits per heavy atom. The molecule has 4 atom stereocenters. The smallest absolute Gasteiger partial charge is 0.318 e. The lowest BCUT2D eigenvalue weighted by Gasteiger charge is -2.39. The lowest BCUT2D eigenvalue weighted by Crippen LogP contribution is -2.53. The van der Waals surface area contributed by atoms with Crippen LogP contribution in [0.1, 0.15) is 52.4 Å². The number of carbonyl (C=O) groups is 2. The van der Waals surface area contributed by atoms with Gasteiger partial charge in [-0.3, -0.25) is 4.79 Å². The monoisotopic (exact) mass is 268 g/mol. The van der Waals surface area contributed by atoms with E-state index >= 15 is 0 Å². The van der Waals surface area contributed by atoms with Crippen molar-refractivity contribution in [3.05, 3.63) is 0 Å². The number of likely N-dealkylation sites (tertiary alicyclic amines) is 1. The van der Waals surface area contributed by atoms with Crippen LogP contribution < -0.4 is 5.32 Å². The van der Waals surface area contributed by atoms with Gasteiger partial charge in [-0.25, -0.2) is 4.79 Å². The van der Waals surface area contributed by atoms with Crippen LogP contribution in [0.5, 0.6) is 0 Å². The summed E-state index contributed by atoms with van der Waals surface area (Å²) < 4.78 is 0. The van der Waals surface area contributed by atoms with Crippen LogP contribution in [0.15, 0.2) is 0 Å². The number of piperidine rings is 1. The summed E-state index contributed by atoms with van der Waals surface area (Å²) in [5.41, 5.74) is 0. The van der Waals surface area contributed by atoms with E-state index in [9.17, 15) is 9.59 Å². The summed E-state index contributed by atoms with van der Waals surface area (Å²) in [4.78, 5) is 25.2. The number of carboxylic acids is 1. The Morgan fingerprint density at radius 1 is 1.11 bits per heavy atom. The van der Waals surface area contributed by atoms with E-state index in [-0.39, 0.29) is 30.1 Å². The van der Waals surface area contributed by atoms with E-state index in [1.165, 1.54) is 6.42 Å². The molecule has 0 aromatic carbocycles. The number of nitrogens with zero attached hydrogens (tertiary/aromatic N) is 1. The van der Waals surface area contributed by atoms with E-state index in [0.717, 1.165) is 19.3 Å². The summed E-state index contributed by atoms with van der Waals surface area (Å²) in [5, 5.41) is 12.0. The predicted molar refractivity (Wildman–Crippen MR) is 71.9 cm³/mol. The minimum atomic E-state index is -0.739. The summed E-state index contributed by atoms with van der Waals surface area (Å²) in [6.07, 6.45) is 5.30. The van der Waals surface area contributed by atoms with Gasteiger partial charge in [-0.2, -0.15) is 0 Å². The number of urea groups is 1. The van der Waals surface area contributed by atoms with Crippen molar-refractivity contribution >= 4 is 12.0 Å². The van der Waals surface area contributed by atoms with Crippen molar-refractivity contribution < 1.29 is 14.7 Å². The van der Waals surface area contributed by atoms with Gasteiger partial charge in [-0.05, 0) is 52.4 Å². The quantitative estimate of drug-likeness (QED) is 0.806. The van der Waals surface area contributed by atoms with E-state index < -0.39 is 5.97 Å². The minimum Gasteiger partial charge on any atom is -0.481 e. The molecule has 19 heavy (non-hydrogen) atoms. The third kappa shape index (κ3) is 3.19. The normalized spacial score (nSPS) is 35.2. The van der Waals surface area contributed by atoms with E-state index in [2.05, 4.69) is 19.2 Å². The molecule has 108 valence electrons. The summed E-state index contributed by atoms with van der Waals surface area (Å²) in [7, 11) is 0. The first-order valence-corrected chi connectivity index (χ1v) is 7.30. The molecule has 2 amide bonds. The molecule has 0 bridgehead atoms. The maximum atomic E-state index is 12.3. The number of nitrogens with one attached hydrogen (secondary N) is 1. The fourth-order valence-electron chi connectivity index (χ4n) is 3.41. The van der Waals surface area contributed by atoms with Gasteiger partial charge in [0.1, 0.15) is 0 Å². The molecule has 1 saturated heterocycles. The van der Waals surface area contributed by atoms with Crippen molar-refractivity contribution in [2.75, 3.05) is 0 Å². The molecule has 0 radical (unpaired) electrons. The van der Waals surface area contributed by atoms with Crippen LogP contribution in [0.2, 0.25) is 0 Å². The molecule has 0 unspecified atom stereocenters. The minimum absolute atomic E-state index is 0.0178. The molecule has 1 saturated carbocycles. The Labute approximate surface area is 114 Å². The highest BCUT2D eigenvalue weighted by Gasteiger charge is 2.34. The van der Waals surface area contributed by atoms with Gasteiger partial charge in [0.15, 0.2) is 0 Å². The Balaban J connectivity index is 1.89. The zero-order valence-electron chi connectivity index (χ0n) is 11.8. The number of hydrogen-bond donors (Lipinski definition) is 2. The van der Waals surface area contributed by atoms with Gasteiger partial charge in [0.2, 0.25) is 0 Å². The number of carbonyl (C=O) groups excluding carboxylic acids is 1. The number of aliphatic carboxylic acids is 1. The zero-order valence-corrected chi connectivity index (χ0v) is 11.8. The molecular weight excluding hydrogens is 244 g/mol. The molecule has 1 aliphatic carbocycles. The van der Waals surface area contributed by atoms with Crippen molar-refractivity contribution in [2.24, 2.45) is 5.92 Å². The summed E-state index contributed by atoms with van der Waals surface area (Å²) >= 11 is 0. The SMILES string of the molecule is C[C@@H]1CCC[C@H](C)N1C(=O)N[C@H]1CC[C@@H](C(=O)O)C1. The second-order valence-corrected chi connectivity index (χ2v) is 6.03. The highest BCUT2D eigenvalue weighted by Crippen LogP contribution is 2.27. The van der Waals surface area contributed by atoms with E-state index in [1.54, 1.807) is 0 Å². The average Bonchev–Trinajstić information content (AvgIpc) is 2.77. The largest absolute Gasteiger partial charge is 0.481 e. The molecule has 1 heterocycles. The van der Waals surface area contributed by atoms with Crippen LogP contribution >= 0.6 is 0 Å².